The van der Waals surface area contributed by atoms with Crippen molar-refractivity contribution in [3.63, 3.8) is 0 Å². The van der Waals surface area contributed by atoms with Gasteiger partial charge in [-0.25, -0.2) is 4.68 Å². The van der Waals surface area contributed by atoms with Crippen LogP contribution < -0.4 is 10.6 Å². The van der Waals surface area contributed by atoms with Crippen molar-refractivity contribution in [3.05, 3.63) is 45.8 Å². The van der Waals surface area contributed by atoms with Gasteiger partial charge >= 0.3 is 0 Å². The first-order valence-electron chi connectivity index (χ1n) is 8.94. The fraction of sp³-hybridized carbons (Fsp3) is 0.526. The number of amides is 1. The highest BCUT2D eigenvalue weighted by Crippen LogP contribution is 2.20. The molecule has 3 rings (SSSR count). The van der Waals surface area contributed by atoms with Crippen molar-refractivity contribution in [2.24, 2.45) is 0 Å². The fourth-order valence-corrected chi connectivity index (χ4v) is 3.69. The monoisotopic (exact) mass is 341 g/mol. The predicted octanol–water partition coefficient (Wildman–Crippen LogP) is 2.37. The van der Waals surface area contributed by atoms with Crippen LogP contribution in [0.3, 0.4) is 0 Å². The van der Waals surface area contributed by atoms with Crippen molar-refractivity contribution in [3.8, 4) is 0 Å². The van der Waals surface area contributed by atoms with Gasteiger partial charge in [-0.3, -0.25) is 4.79 Å². The van der Waals surface area contributed by atoms with Crippen molar-refractivity contribution in [2.45, 2.75) is 53.1 Å². The number of nitrogens with zero attached hydrogens (tertiary/aromatic N) is 3. The van der Waals surface area contributed by atoms with Crippen LogP contribution in [0.5, 0.6) is 0 Å². The molecule has 134 valence electrons. The number of rotatable bonds is 4. The van der Waals surface area contributed by atoms with Gasteiger partial charge in [0.1, 0.15) is 0 Å². The lowest BCUT2D eigenvalue weighted by atomic mass is 10.00. The molecule has 1 aromatic carbocycles. The van der Waals surface area contributed by atoms with E-state index in [2.05, 4.69) is 53.8 Å². The van der Waals surface area contributed by atoms with Crippen LogP contribution >= 0.6 is 0 Å². The Bertz CT molecular complexity index is 751. The van der Waals surface area contributed by atoms with Crippen LogP contribution in [-0.4, -0.2) is 34.0 Å². The van der Waals surface area contributed by atoms with Crippen LogP contribution in [0.15, 0.2) is 12.1 Å². The van der Waals surface area contributed by atoms with E-state index in [4.69, 9.17) is 0 Å². The molecule has 1 aliphatic rings. The second-order valence-corrected chi connectivity index (χ2v) is 7.01. The molecule has 0 unspecified atom stereocenters. The molecular formula is C19H27N5O. The average Bonchev–Trinajstić information content (AvgIpc) is 2.96. The van der Waals surface area contributed by atoms with Gasteiger partial charge in [-0.05, 0) is 70.3 Å². The quantitative estimate of drug-likeness (QED) is 0.895. The summed E-state index contributed by atoms with van der Waals surface area (Å²) in [6, 6.07) is 4.62. The van der Waals surface area contributed by atoms with Gasteiger partial charge in [-0.15, -0.1) is 5.10 Å². The summed E-state index contributed by atoms with van der Waals surface area (Å²) >= 11 is 0. The summed E-state index contributed by atoms with van der Waals surface area (Å²) in [5.74, 6) is -0.156. The number of carbonyl (C=O) groups is 1. The summed E-state index contributed by atoms with van der Waals surface area (Å²) in [5.41, 5.74) is 6.09. The lowest BCUT2D eigenvalue weighted by Gasteiger charge is -2.23. The second-order valence-electron chi connectivity index (χ2n) is 7.01. The van der Waals surface area contributed by atoms with Crippen LogP contribution in [0, 0.1) is 27.7 Å². The number of benzene rings is 1. The van der Waals surface area contributed by atoms with E-state index in [0.29, 0.717) is 18.3 Å². The van der Waals surface area contributed by atoms with Crippen molar-refractivity contribution < 1.29 is 4.79 Å². The Labute approximate surface area is 149 Å². The Morgan fingerprint density at radius 3 is 2.48 bits per heavy atom. The molecule has 6 heteroatoms. The number of piperidine rings is 1. The maximum Gasteiger partial charge on any atom is 0.274 e. The second kappa shape index (κ2) is 7.35. The van der Waals surface area contributed by atoms with E-state index in [0.717, 1.165) is 31.6 Å². The molecule has 2 heterocycles. The van der Waals surface area contributed by atoms with Crippen LogP contribution in [0.1, 0.15) is 57.3 Å². The molecule has 2 aromatic rings. The number of aryl methyl sites for hydroxylation is 3. The minimum atomic E-state index is -0.156. The molecule has 0 spiro atoms. The first-order valence-corrected chi connectivity index (χ1v) is 8.94. The molecule has 2 N–H and O–H groups in total. The first kappa shape index (κ1) is 17.6. The maximum atomic E-state index is 12.6. The highest BCUT2D eigenvalue weighted by molar-refractivity contribution is 5.93. The van der Waals surface area contributed by atoms with E-state index in [1.807, 2.05) is 11.6 Å². The summed E-state index contributed by atoms with van der Waals surface area (Å²) in [5, 5.41) is 14.7. The lowest BCUT2D eigenvalue weighted by molar-refractivity contribution is 0.0945. The Hall–Kier alpha value is -2.21. The normalized spacial score (nSPS) is 15.4. The van der Waals surface area contributed by atoms with Crippen molar-refractivity contribution in [2.75, 3.05) is 13.1 Å². The standard InChI is InChI=1S/C19H27N5O/c1-12-9-13(2)17(14(3)10-12)11-21-19(25)18-15(4)24(23-22-18)16-5-7-20-8-6-16/h9-10,16,20H,5-8,11H2,1-4H3,(H,21,25). The van der Waals surface area contributed by atoms with Gasteiger partial charge in [0.2, 0.25) is 0 Å². The van der Waals surface area contributed by atoms with Crippen LogP contribution in [0.2, 0.25) is 0 Å². The lowest BCUT2D eigenvalue weighted by Crippen LogP contribution is -2.30. The molecule has 1 aliphatic heterocycles. The summed E-state index contributed by atoms with van der Waals surface area (Å²) in [4.78, 5) is 12.6. The van der Waals surface area contributed by atoms with Crippen LogP contribution in [0.25, 0.3) is 0 Å². The zero-order valence-electron chi connectivity index (χ0n) is 15.5. The Balaban J connectivity index is 1.71. The van der Waals surface area contributed by atoms with Crippen molar-refractivity contribution in [1.82, 2.24) is 25.6 Å². The van der Waals surface area contributed by atoms with Crippen LogP contribution in [-0.2, 0) is 6.54 Å². The molecule has 25 heavy (non-hydrogen) atoms. The number of hydrogen-bond donors (Lipinski definition) is 2. The maximum absolute atomic E-state index is 12.6. The summed E-state index contributed by atoms with van der Waals surface area (Å²) in [6.45, 7) is 10.7. The SMILES string of the molecule is Cc1cc(C)c(CNC(=O)c2nnn(C3CCNCC3)c2C)c(C)c1. The third-order valence-electron chi connectivity index (χ3n) is 5.06. The molecule has 1 amide bonds. The molecule has 1 aromatic heterocycles. The van der Waals surface area contributed by atoms with E-state index in [9.17, 15) is 4.79 Å². The zero-order valence-corrected chi connectivity index (χ0v) is 15.5. The molecule has 0 aliphatic carbocycles. The zero-order chi connectivity index (χ0) is 18.0. The number of nitrogens with one attached hydrogen (secondary N) is 2. The molecular weight excluding hydrogens is 314 g/mol. The molecule has 0 radical (unpaired) electrons. The number of aromatic nitrogens is 3. The highest BCUT2D eigenvalue weighted by atomic mass is 16.2. The number of carbonyl (C=O) groups excluding carboxylic acids is 1. The Kier molecular flexibility index (Phi) is 5.18. The molecule has 0 bridgehead atoms. The predicted molar refractivity (Wildman–Crippen MR) is 97.7 cm³/mol. The fourth-order valence-electron chi connectivity index (χ4n) is 3.69. The molecule has 6 nitrogen and oxygen atoms in total. The van der Waals surface area contributed by atoms with E-state index in [1.165, 1.54) is 22.3 Å². The van der Waals surface area contributed by atoms with E-state index < -0.39 is 0 Å². The number of hydrogen-bond acceptors (Lipinski definition) is 4. The van der Waals surface area contributed by atoms with Crippen LogP contribution in [0.4, 0.5) is 0 Å². The van der Waals surface area contributed by atoms with Gasteiger partial charge in [-0.2, -0.15) is 0 Å². The Morgan fingerprint density at radius 1 is 1.20 bits per heavy atom. The molecule has 0 saturated carbocycles. The van der Waals surface area contributed by atoms with Crippen molar-refractivity contribution >= 4 is 5.91 Å². The summed E-state index contributed by atoms with van der Waals surface area (Å²) in [6.07, 6.45) is 2.04. The van der Waals surface area contributed by atoms with Gasteiger partial charge in [-0.1, -0.05) is 22.9 Å². The van der Waals surface area contributed by atoms with Gasteiger partial charge < -0.3 is 10.6 Å². The molecule has 0 atom stereocenters. The average molecular weight is 341 g/mol. The van der Waals surface area contributed by atoms with Gasteiger partial charge in [0.15, 0.2) is 5.69 Å². The summed E-state index contributed by atoms with van der Waals surface area (Å²) < 4.78 is 1.91. The van der Waals surface area contributed by atoms with E-state index in [-0.39, 0.29) is 5.91 Å². The highest BCUT2D eigenvalue weighted by Gasteiger charge is 2.22. The van der Waals surface area contributed by atoms with Gasteiger partial charge in [0, 0.05) is 6.54 Å². The third kappa shape index (κ3) is 3.74. The largest absolute Gasteiger partial charge is 0.346 e. The minimum absolute atomic E-state index is 0.156. The molecule has 1 saturated heterocycles. The van der Waals surface area contributed by atoms with E-state index in [1.54, 1.807) is 0 Å². The van der Waals surface area contributed by atoms with Crippen molar-refractivity contribution in [1.29, 1.82) is 0 Å². The molecule has 1 fully saturated rings. The smallest absolute Gasteiger partial charge is 0.274 e. The third-order valence-corrected chi connectivity index (χ3v) is 5.06. The summed E-state index contributed by atoms with van der Waals surface area (Å²) in [7, 11) is 0. The minimum Gasteiger partial charge on any atom is -0.346 e. The first-order chi connectivity index (χ1) is 12.0. The van der Waals surface area contributed by atoms with Gasteiger partial charge in [0.05, 0.1) is 11.7 Å². The van der Waals surface area contributed by atoms with E-state index >= 15 is 0 Å². The topological polar surface area (TPSA) is 71.8 Å². The van der Waals surface area contributed by atoms with Gasteiger partial charge in [0.25, 0.3) is 5.91 Å². The Morgan fingerprint density at radius 2 is 1.84 bits per heavy atom.